The van der Waals surface area contributed by atoms with E-state index in [0.29, 0.717) is 26.0 Å². The molecule has 144 valence electrons. The molecule has 0 saturated carbocycles. The van der Waals surface area contributed by atoms with E-state index in [9.17, 15) is 4.79 Å². The molecule has 1 aliphatic heterocycles. The summed E-state index contributed by atoms with van der Waals surface area (Å²) in [5, 5.41) is 2.99. The van der Waals surface area contributed by atoms with Crippen LogP contribution in [0.5, 0.6) is 17.2 Å². The van der Waals surface area contributed by atoms with Crippen LogP contribution in [-0.4, -0.2) is 25.7 Å². The van der Waals surface area contributed by atoms with E-state index in [0.717, 1.165) is 40.4 Å². The highest BCUT2D eigenvalue weighted by atomic mass is 16.5. The number of rotatable bonds is 8. The Hall–Kier alpha value is -2.69. The number of fused-ring (bicyclic) bond motifs is 1. The number of ether oxygens (including phenoxy) is 3. The van der Waals surface area contributed by atoms with Crippen LogP contribution < -0.4 is 19.5 Å². The van der Waals surface area contributed by atoms with Crippen molar-refractivity contribution >= 4 is 5.91 Å². The van der Waals surface area contributed by atoms with Crippen molar-refractivity contribution in [3.8, 4) is 17.2 Å². The predicted molar refractivity (Wildman–Crippen MR) is 105 cm³/mol. The summed E-state index contributed by atoms with van der Waals surface area (Å²) in [7, 11) is 1.64. The molecular weight excluding hydrogens is 342 g/mol. The molecule has 1 atom stereocenters. The first-order valence-electron chi connectivity index (χ1n) is 9.44. The molecule has 0 radical (unpaired) electrons. The highest BCUT2D eigenvalue weighted by molar-refractivity contribution is 5.76. The van der Waals surface area contributed by atoms with Crippen LogP contribution in [0, 0.1) is 0 Å². The lowest BCUT2D eigenvalue weighted by Gasteiger charge is -2.13. The first-order valence-corrected chi connectivity index (χ1v) is 9.44. The summed E-state index contributed by atoms with van der Waals surface area (Å²) in [6.45, 7) is 5.02. The molecule has 2 aromatic carbocycles. The zero-order valence-corrected chi connectivity index (χ0v) is 16.2. The zero-order chi connectivity index (χ0) is 19.2. The summed E-state index contributed by atoms with van der Waals surface area (Å²) in [4.78, 5) is 12.3. The van der Waals surface area contributed by atoms with Gasteiger partial charge in [-0.3, -0.25) is 4.79 Å². The molecule has 5 nitrogen and oxygen atoms in total. The quantitative estimate of drug-likeness (QED) is 0.771. The molecule has 0 unspecified atom stereocenters. The highest BCUT2D eigenvalue weighted by Crippen LogP contribution is 2.35. The van der Waals surface area contributed by atoms with Crippen molar-refractivity contribution in [2.45, 2.75) is 45.8 Å². The molecule has 0 saturated heterocycles. The Morgan fingerprint density at radius 3 is 2.81 bits per heavy atom. The maximum absolute atomic E-state index is 12.3. The number of hydrogen-bond acceptors (Lipinski definition) is 4. The minimum absolute atomic E-state index is 0.00172. The summed E-state index contributed by atoms with van der Waals surface area (Å²) in [6, 6.07) is 11.8. The van der Waals surface area contributed by atoms with E-state index in [4.69, 9.17) is 14.2 Å². The molecule has 5 heteroatoms. The average Bonchev–Trinajstić information content (AvgIpc) is 3.03. The van der Waals surface area contributed by atoms with Gasteiger partial charge in [-0.15, -0.1) is 0 Å². The Labute approximate surface area is 160 Å². The fraction of sp³-hybridized carbons (Fsp3) is 0.409. The highest BCUT2D eigenvalue weighted by Gasteiger charge is 2.22. The van der Waals surface area contributed by atoms with E-state index >= 15 is 0 Å². The molecule has 0 aromatic heterocycles. The van der Waals surface area contributed by atoms with E-state index in [1.807, 2.05) is 43.3 Å². The first-order chi connectivity index (χ1) is 13.1. The lowest BCUT2D eigenvalue weighted by Crippen LogP contribution is -2.23. The fourth-order valence-corrected chi connectivity index (χ4v) is 3.35. The van der Waals surface area contributed by atoms with Gasteiger partial charge in [0.05, 0.1) is 13.7 Å². The van der Waals surface area contributed by atoms with E-state index in [-0.39, 0.29) is 12.0 Å². The van der Waals surface area contributed by atoms with Crippen molar-refractivity contribution in [3.05, 3.63) is 53.1 Å². The maximum atomic E-state index is 12.3. The second kappa shape index (κ2) is 8.80. The Balaban J connectivity index is 1.60. The molecule has 0 spiro atoms. The van der Waals surface area contributed by atoms with Crippen molar-refractivity contribution in [1.29, 1.82) is 0 Å². The van der Waals surface area contributed by atoms with Gasteiger partial charge in [-0.05, 0) is 44.0 Å². The van der Waals surface area contributed by atoms with Gasteiger partial charge in [0.2, 0.25) is 5.91 Å². The average molecular weight is 369 g/mol. The predicted octanol–water partition coefficient (Wildman–Crippen LogP) is 3.67. The largest absolute Gasteiger partial charge is 0.496 e. The molecular formula is C22H27NO4. The Kier molecular flexibility index (Phi) is 6.22. The second-order valence-corrected chi connectivity index (χ2v) is 6.72. The zero-order valence-electron chi connectivity index (χ0n) is 16.2. The lowest BCUT2D eigenvalue weighted by atomic mass is 10.1. The summed E-state index contributed by atoms with van der Waals surface area (Å²) >= 11 is 0. The van der Waals surface area contributed by atoms with Crippen molar-refractivity contribution in [2.24, 2.45) is 0 Å². The summed E-state index contributed by atoms with van der Waals surface area (Å²) in [5.74, 6) is 2.52. The molecule has 1 N–H and O–H groups in total. The number of aryl methyl sites for hydroxylation is 1. The van der Waals surface area contributed by atoms with Crippen molar-refractivity contribution < 1.29 is 19.0 Å². The minimum atomic E-state index is -0.00172. The van der Waals surface area contributed by atoms with E-state index in [1.54, 1.807) is 7.11 Å². The van der Waals surface area contributed by atoms with Crippen LogP contribution >= 0.6 is 0 Å². The monoisotopic (exact) mass is 369 g/mol. The molecule has 1 aliphatic rings. The van der Waals surface area contributed by atoms with E-state index in [1.165, 1.54) is 0 Å². The van der Waals surface area contributed by atoms with Crippen LogP contribution in [0.15, 0.2) is 36.4 Å². The molecule has 0 aliphatic carbocycles. The number of carbonyl (C=O) groups excluding carboxylic acids is 1. The normalized spacial score (nSPS) is 15.0. The van der Waals surface area contributed by atoms with Crippen LogP contribution in [0.25, 0.3) is 0 Å². The lowest BCUT2D eigenvalue weighted by molar-refractivity contribution is -0.121. The van der Waals surface area contributed by atoms with Crippen LogP contribution in [-0.2, 0) is 24.2 Å². The minimum Gasteiger partial charge on any atom is -0.496 e. The fourth-order valence-electron chi connectivity index (χ4n) is 3.35. The van der Waals surface area contributed by atoms with Crippen LogP contribution in [0.3, 0.4) is 0 Å². The Morgan fingerprint density at radius 2 is 2.04 bits per heavy atom. The number of amides is 1. The molecule has 1 heterocycles. The number of carbonyl (C=O) groups is 1. The molecule has 0 bridgehead atoms. The van der Waals surface area contributed by atoms with Gasteiger partial charge < -0.3 is 19.5 Å². The third-order valence-electron chi connectivity index (χ3n) is 4.67. The Morgan fingerprint density at radius 1 is 1.22 bits per heavy atom. The smallest absolute Gasteiger partial charge is 0.220 e. The summed E-state index contributed by atoms with van der Waals surface area (Å²) < 4.78 is 16.9. The third kappa shape index (κ3) is 4.73. The number of hydrogen-bond donors (Lipinski definition) is 1. The van der Waals surface area contributed by atoms with Crippen LogP contribution in [0.4, 0.5) is 0 Å². The number of benzene rings is 2. The van der Waals surface area contributed by atoms with Gasteiger partial charge in [0, 0.05) is 30.5 Å². The van der Waals surface area contributed by atoms with Gasteiger partial charge in [0.25, 0.3) is 0 Å². The van der Waals surface area contributed by atoms with E-state index in [2.05, 4.69) is 12.2 Å². The van der Waals surface area contributed by atoms with Gasteiger partial charge in [-0.2, -0.15) is 0 Å². The van der Waals surface area contributed by atoms with Crippen LogP contribution in [0.2, 0.25) is 0 Å². The standard InChI is InChI=1S/C22H27NO4/c1-4-26-20-12-17-11-15(2)27-21(17)13-18(20)14-23-22(24)10-9-16-7-5-6-8-19(16)25-3/h5-8,12-13,15H,4,9-11,14H2,1-3H3,(H,23,24)/t15-/m0/s1. The second-order valence-electron chi connectivity index (χ2n) is 6.72. The molecule has 27 heavy (non-hydrogen) atoms. The van der Waals surface area contributed by atoms with Crippen molar-refractivity contribution in [3.63, 3.8) is 0 Å². The summed E-state index contributed by atoms with van der Waals surface area (Å²) in [6.07, 6.45) is 2.11. The topological polar surface area (TPSA) is 56.8 Å². The van der Waals surface area contributed by atoms with Crippen molar-refractivity contribution in [1.82, 2.24) is 5.32 Å². The molecule has 2 aromatic rings. The number of para-hydroxylation sites is 1. The number of nitrogens with one attached hydrogen (secondary N) is 1. The van der Waals surface area contributed by atoms with Gasteiger partial charge in [-0.1, -0.05) is 18.2 Å². The first kappa shape index (κ1) is 19.1. The third-order valence-corrected chi connectivity index (χ3v) is 4.67. The number of methoxy groups -OCH3 is 1. The summed E-state index contributed by atoms with van der Waals surface area (Å²) in [5.41, 5.74) is 3.14. The molecule has 1 amide bonds. The SMILES string of the molecule is CCOc1cc2c(cc1CNC(=O)CCc1ccccc1OC)O[C@@H](C)C2. The van der Waals surface area contributed by atoms with Gasteiger partial charge in [0.1, 0.15) is 23.4 Å². The Bertz CT molecular complexity index is 803. The maximum Gasteiger partial charge on any atom is 0.220 e. The van der Waals surface area contributed by atoms with Gasteiger partial charge in [0.15, 0.2) is 0 Å². The van der Waals surface area contributed by atoms with Gasteiger partial charge in [-0.25, -0.2) is 0 Å². The van der Waals surface area contributed by atoms with Gasteiger partial charge >= 0.3 is 0 Å². The molecule has 0 fully saturated rings. The van der Waals surface area contributed by atoms with Crippen LogP contribution in [0.1, 0.15) is 37.0 Å². The van der Waals surface area contributed by atoms with E-state index < -0.39 is 0 Å². The van der Waals surface area contributed by atoms with Crippen molar-refractivity contribution in [2.75, 3.05) is 13.7 Å². The molecule has 3 rings (SSSR count).